The van der Waals surface area contributed by atoms with Gasteiger partial charge in [0, 0.05) is 0 Å². The molecule has 0 N–H and O–H groups in total. The van der Waals surface area contributed by atoms with Gasteiger partial charge in [-0.3, -0.25) is 0 Å². The SMILES string of the molecule is C=CCOC(COCCO[C@H]1O[C@@H]2COC(C)(C)O[C@H]2[C@@H]2OC(C)(C)O[C@H]12)COCCO[C@H]1O[C@@H]2COC(C)(C)O[C@H]2[C@@H]2OC(C)(C)O[C@H]12. The Morgan fingerprint density at radius 3 is 1.41 bits per heavy atom. The van der Waals surface area contributed by atoms with Gasteiger partial charge in [0.25, 0.3) is 0 Å². The van der Waals surface area contributed by atoms with Gasteiger partial charge in [0.05, 0.1) is 59.5 Å². The molecule has 0 aromatic carbocycles. The van der Waals surface area contributed by atoms with Crippen LogP contribution >= 0.6 is 0 Å². The van der Waals surface area contributed by atoms with Crippen molar-refractivity contribution in [2.45, 2.75) is 146 Å². The van der Waals surface area contributed by atoms with Crippen LogP contribution in [-0.4, -0.2) is 150 Å². The highest BCUT2D eigenvalue weighted by Gasteiger charge is 2.60. The Bertz CT molecular complexity index is 1020. The highest BCUT2D eigenvalue weighted by molar-refractivity contribution is 5.00. The number of rotatable bonds is 15. The average Bonchev–Trinajstić information content (AvgIpc) is 3.53. The summed E-state index contributed by atoms with van der Waals surface area (Å²) < 4.78 is 91.0. The molecule has 0 bridgehead atoms. The van der Waals surface area contributed by atoms with E-state index in [9.17, 15) is 0 Å². The van der Waals surface area contributed by atoms with E-state index in [4.69, 9.17) is 71.1 Å². The molecule has 10 atom stereocenters. The Balaban J connectivity index is 0.912. The molecular formula is C34H56O15. The average molecular weight is 705 g/mol. The van der Waals surface area contributed by atoms with Crippen LogP contribution in [0.1, 0.15) is 55.4 Å². The van der Waals surface area contributed by atoms with Gasteiger partial charge in [-0.1, -0.05) is 6.08 Å². The second-order valence-electron chi connectivity index (χ2n) is 14.9. The van der Waals surface area contributed by atoms with Gasteiger partial charge < -0.3 is 71.1 Å². The minimum atomic E-state index is -0.792. The third-order valence-electron chi connectivity index (χ3n) is 8.97. The van der Waals surface area contributed by atoms with Crippen molar-refractivity contribution in [3.63, 3.8) is 0 Å². The summed E-state index contributed by atoms with van der Waals surface area (Å²) in [6, 6.07) is 0. The van der Waals surface area contributed by atoms with Crippen LogP contribution in [0.3, 0.4) is 0 Å². The molecular weight excluding hydrogens is 648 g/mol. The fourth-order valence-corrected chi connectivity index (χ4v) is 6.98. The maximum Gasteiger partial charge on any atom is 0.187 e. The first-order chi connectivity index (χ1) is 23.1. The molecule has 0 amide bonds. The molecule has 6 fully saturated rings. The van der Waals surface area contributed by atoms with E-state index in [2.05, 4.69) is 6.58 Å². The van der Waals surface area contributed by atoms with Gasteiger partial charge in [-0.25, -0.2) is 0 Å². The quantitative estimate of drug-likeness (QED) is 0.182. The third kappa shape index (κ3) is 9.39. The fraction of sp³-hybridized carbons (Fsp3) is 0.941. The van der Waals surface area contributed by atoms with Crippen LogP contribution in [0.25, 0.3) is 0 Å². The molecule has 6 heterocycles. The molecule has 6 aliphatic heterocycles. The molecule has 0 radical (unpaired) electrons. The van der Waals surface area contributed by atoms with Crippen molar-refractivity contribution in [2.75, 3.05) is 59.5 Å². The van der Waals surface area contributed by atoms with E-state index in [-0.39, 0.29) is 55.9 Å². The Morgan fingerprint density at radius 2 is 0.980 bits per heavy atom. The Morgan fingerprint density at radius 1 is 0.571 bits per heavy atom. The van der Waals surface area contributed by atoms with Gasteiger partial charge >= 0.3 is 0 Å². The summed E-state index contributed by atoms with van der Waals surface area (Å²) in [4.78, 5) is 0. The van der Waals surface area contributed by atoms with E-state index in [0.29, 0.717) is 46.2 Å². The van der Waals surface area contributed by atoms with E-state index in [1.165, 1.54) is 0 Å². The van der Waals surface area contributed by atoms with Gasteiger partial charge in [0.2, 0.25) is 0 Å². The van der Waals surface area contributed by atoms with E-state index in [0.717, 1.165) is 0 Å². The smallest absolute Gasteiger partial charge is 0.187 e. The zero-order chi connectivity index (χ0) is 35.0. The summed E-state index contributed by atoms with van der Waals surface area (Å²) in [5, 5.41) is 0. The molecule has 0 aromatic rings. The number of ether oxygens (including phenoxy) is 15. The Labute approximate surface area is 289 Å². The molecule has 49 heavy (non-hydrogen) atoms. The Kier molecular flexibility index (Phi) is 11.8. The summed E-state index contributed by atoms with van der Waals surface area (Å²) in [6.45, 7) is 21.6. The largest absolute Gasteiger partial charge is 0.376 e. The molecule has 0 aromatic heterocycles. The minimum absolute atomic E-state index is 0.271. The lowest BCUT2D eigenvalue weighted by Gasteiger charge is -2.48. The zero-order valence-electron chi connectivity index (χ0n) is 30.1. The van der Waals surface area contributed by atoms with E-state index >= 15 is 0 Å². The first kappa shape index (κ1) is 37.9. The minimum Gasteiger partial charge on any atom is -0.376 e. The highest BCUT2D eigenvalue weighted by atomic mass is 16.8. The molecule has 0 saturated carbocycles. The van der Waals surface area contributed by atoms with Crippen molar-refractivity contribution >= 4 is 0 Å². The lowest BCUT2D eigenvalue weighted by Crippen LogP contribution is -2.64. The number of hydrogen-bond donors (Lipinski definition) is 0. The molecule has 15 heteroatoms. The second kappa shape index (κ2) is 15.2. The van der Waals surface area contributed by atoms with Crippen molar-refractivity contribution in [1.82, 2.24) is 0 Å². The summed E-state index contributed by atoms with van der Waals surface area (Å²) in [5.41, 5.74) is 0. The predicted octanol–water partition coefficient (Wildman–Crippen LogP) is 2.42. The van der Waals surface area contributed by atoms with Crippen LogP contribution in [-0.2, 0) is 71.1 Å². The van der Waals surface area contributed by atoms with Crippen LogP contribution in [0.5, 0.6) is 0 Å². The zero-order valence-corrected chi connectivity index (χ0v) is 30.1. The maximum absolute atomic E-state index is 6.22. The van der Waals surface area contributed by atoms with Crippen LogP contribution in [0.2, 0.25) is 0 Å². The third-order valence-corrected chi connectivity index (χ3v) is 8.97. The van der Waals surface area contributed by atoms with Crippen LogP contribution in [0.15, 0.2) is 12.7 Å². The lowest BCUT2D eigenvalue weighted by atomic mass is 9.97. The summed E-state index contributed by atoms with van der Waals surface area (Å²) in [6.07, 6.45) is -2.91. The number of fused-ring (bicyclic) bond motifs is 6. The second-order valence-corrected chi connectivity index (χ2v) is 14.9. The van der Waals surface area contributed by atoms with Crippen LogP contribution < -0.4 is 0 Å². The molecule has 6 rings (SSSR count). The standard InChI is InChI=1S/C34H56O15/c1-10-11-37-20(16-35-12-14-38-29-27-25(46-33(6,7)48-27)23-21(42-29)18-40-31(2,3)44-23)17-36-13-15-39-30-28-26(47-34(8,9)49-28)24-22(43-30)19-41-32(4,5)45-24/h10,20-30H,1,11-19H2,2-9H3/t21-,22-,23-,24-,25+,26+,27+,28+,29+,30+/m1/s1. The molecule has 282 valence electrons. The summed E-state index contributed by atoms with van der Waals surface area (Å²) >= 11 is 0. The lowest BCUT2D eigenvalue weighted by molar-refractivity contribution is -0.370. The van der Waals surface area contributed by atoms with E-state index in [1.807, 2.05) is 55.4 Å². The van der Waals surface area contributed by atoms with E-state index < -0.39 is 47.9 Å². The maximum atomic E-state index is 6.22. The van der Waals surface area contributed by atoms with Crippen LogP contribution in [0, 0.1) is 0 Å². The van der Waals surface area contributed by atoms with Crippen molar-refractivity contribution in [3.05, 3.63) is 12.7 Å². The first-order valence-electron chi connectivity index (χ1n) is 17.4. The Hall–Kier alpha value is -0.860. The molecule has 0 spiro atoms. The van der Waals surface area contributed by atoms with Crippen molar-refractivity contribution in [3.8, 4) is 0 Å². The van der Waals surface area contributed by atoms with Gasteiger partial charge in [0.15, 0.2) is 35.7 Å². The highest BCUT2D eigenvalue weighted by Crippen LogP contribution is 2.43. The van der Waals surface area contributed by atoms with Crippen molar-refractivity contribution in [2.24, 2.45) is 0 Å². The van der Waals surface area contributed by atoms with Gasteiger partial charge in [-0.15, -0.1) is 6.58 Å². The van der Waals surface area contributed by atoms with Crippen molar-refractivity contribution in [1.29, 1.82) is 0 Å². The molecule has 6 aliphatic rings. The molecule has 15 nitrogen and oxygen atoms in total. The van der Waals surface area contributed by atoms with Crippen LogP contribution in [0.4, 0.5) is 0 Å². The van der Waals surface area contributed by atoms with Gasteiger partial charge in [-0.05, 0) is 55.4 Å². The summed E-state index contributed by atoms with van der Waals surface area (Å²) in [5.74, 6) is -3.06. The predicted molar refractivity (Wildman–Crippen MR) is 168 cm³/mol. The first-order valence-corrected chi connectivity index (χ1v) is 17.4. The topological polar surface area (TPSA) is 138 Å². The monoisotopic (exact) mass is 704 g/mol. The number of hydrogen-bond acceptors (Lipinski definition) is 15. The molecule has 0 unspecified atom stereocenters. The molecule has 0 aliphatic carbocycles. The van der Waals surface area contributed by atoms with E-state index in [1.54, 1.807) is 6.08 Å². The van der Waals surface area contributed by atoms with Gasteiger partial charge in [0.1, 0.15) is 54.9 Å². The fourth-order valence-electron chi connectivity index (χ4n) is 6.98. The normalized spacial score (nSPS) is 40.5. The summed E-state index contributed by atoms with van der Waals surface area (Å²) in [7, 11) is 0. The van der Waals surface area contributed by atoms with Crippen molar-refractivity contribution < 1.29 is 71.1 Å². The molecule has 6 saturated heterocycles. The van der Waals surface area contributed by atoms with Gasteiger partial charge in [-0.2, -0.15) is 0 Å².